The summed E-state index contributed by atoms with van der Waals surface area (Å²) < 4.78 is 5.27. The van der Waals surface area contributed by atoms with E-state index in [1.165, 1.54) is 4.88 Å². The molecule has 0 aromatic carbocycles. The summed E-state index contributed by atoms with van der Waals surface area (Å²) in [6.45, 7) is 9.85. The highest BCUT2D eigenvalue weighted by atomic mass is 32.1. The van der Waals surface area contributed by atoms with E-state index in [4.69, 9.17) is 4.74 Å². The van der Waals surface area contributed by atoms with Crippen molar-refractivity contribution in [3.05, 3.63) is 16.3 Å². The Morgan fingerprint density at radius 2 is 2.13 bits per heavy atom. The van der Waals surface area contributed by atoms with Crippen LogP contribution in [0.4, 0.5) is 0 Å². The summed E-state index contributed by atoms with van der Waals surface area (Å²) in [5.74, 6) is 0.994. The smallest absolute Gasteiger partial charge is 0.134 e. The molecule has 0 saturated carbocycles. The van der Waals surface area contributed by atoms with E-state index in [9.17, 15) is 0 Å². The van der Waals surface area contributed by atoms with Gasteiger partial charge in [0, 0.05) is 12.6 Å². The van der Waals surface area contributed by atoms with Crippen molar-refractivity contribution in [2.24, 2.45) is 5.41 Å². The molecule has 2 nitrogen and oxygen atoms in total. The maximum atomic E-state index is 5.27. The molecule has 1 atom stereocenters. The molecule has 0 saturated heterocycles. The monoisotopic (exact) mass is 227 g/mol. The van der Waals surface area contributed by atoms with Gasteiger partial charge in [0.2, 0.25) is 0 Å². The van der Waals surface area contributed by atoms with Crippen LogP contribution < -0.4 is 10.1 Å². The summed E-state index contributed by atoms with van der Waals surface area (Å²) in [6.07, 6.45) is 0. The van der Waals surface area contributed by atoms with E-state index < -0.39 is 0 Å². The molecule has 0 radical (unpaired) electrons. The van der Waals surface area contributed by atoms with Crippen LogP contribution in [-0.4, -0.2) is 13.2 Å². The summed E-state index contributed by atoms with van der Waals surface area (Å²) in [6, 6.07) is 2.51. The fourth-order valence-electron chi connectivity index (χ4n) is 1.19. The Hall–Kier alpha value is -0.540. The van der Waals surface area contributed by atoms with E-state index in [1.807, 2.05) is 6.07 Å². The first kappa shape index (κ1) is 12.5. The Morgan fingerprint density at radius 1 is 1.47 bits per heavy atom. The molecule has 15 heavy (non-hydrogen) atoms. The fraction of sp³-hybridized carbons (Fsp3) is 0.667. The van der Waals surface area contributed by atoms with Crippen LogP contribution in [0, 0.1) is 5.41 Å². The lowest BCUT2D eigenvalue weighted by molar-refractivity contribution is 0.284. The van der Waals surface area contributed by atoms with E-state index in [2.05, 4.69) is 38.4 Å². The summed E-state index contributed by atoms with van der Waals surface area (Å²) >= 11 is 1.74. The van der Waals surface area contributed by atoms with Crippen LogP contribution in [0.15, 0.2) is 11.4 Å². The van der Waals surface area contributed by atoms with E-state index in [-0.39, 0.29) is 0 Å². The van der Waals surface area contributed by atoms with E-state index in [0.717, 1.165) is 12.3 Å². The van der Waals surface area contributed by atoms with Gasteiger partial charge in [-0.15, -0.1) is 11.3 Å². The summed E-state index contributed by atoms with van der Waals surface area (Å²) in [4.78, 5) is 1.27. The Bertz CT molecular complexity index is 301. The lowest BCUT2D eigenvalue weighted by atomic mass is 9.88. The standard InChI is InChI=1S/C12H21NOS/c1-9(12(2,3)4)13-8-11-10(14-5)6-7-15-11/h6-7,9,13H,8H2,1-5H3. The largest absolute Gasteiger partial charge is 0.496 e. The molecule has 86 valence electrons. The molecule has 0 aliphatic heterocycles. The normalized spacial score (nSPS) is 13.9. The summed E-state index contributed by atoms with van der Waals surface area (Å²) in [5, 5.41) is 5.60. The second kappa shape index (κ2) is 4.99. The van der Waals surface area contributed by atoms with Crippen LogP contribution in [0.1, 0.15) is 32.6 Å². The van der Waals surface area contributed by atoms with E-state index >= 15 is 0 Å². The van der Waals surface area contributed by atoms with Crippen molar-refractivity contribution in [3.8, 4) is 5.75 Å². The van der Waals surface area contributed by atoms with Crippen molar-refractivity contribution >= 4 is 11.3 Å². The minimum absolute atomic E-state index is 0.296. The molecule has 0 aliphatic rings. The molecule has 1 unspecified atom stereocenters. The second-order valence-electron chi connectivity index (χ2n) is 4.88. The van der Waals surface area contributed by atoms with Gasteiger partial charge in [0.05, 0.1) is 12.0 Å². The Morgan fingerprint density at radius 3 is 2.67 bits per heavy atom. The van der Waals surface area contributed by atoms with Gasteiger partial charge in [-0.3, -0.25) is 0 Å². The van der Waals surface area contributed by atoms with Crippen molar-refractivity contribution < 1.29 is 4.74 Å². The van der Waals surface area contributed by atoms with Gasteiger partial charge in [0.15, 0.2) is 0 Å². The number of hydrogen-bond donors (Lipinski definition) is 1. The van der Waals surface area contributed by atoms with Gasteiger partial charge < -0.3 is 10.1 Å². The summed E-state index contributed by atoms with van der Waals surface area (Å²) in [5.41, 5.74) is 0.296. The highest BCUT2D eigenvalue weighted by Crippen LogP contribution is 2.25. The third-order valence-corrected chi connectivity index (χ3v) is 3.69. The van der Waals surface area contributed by atoms with Crippen LogP contribution >= 0.6 is 11.3 Å². The zero-order valence-electron chi connectivity index (χ0n) is 10.3. The van der Waals surface area contributed by atoms with Gasteiger partial charge in [0.1, 0.15) is 5.75 Å². The molecule has 1 heterocycles. The number of nitrogens with one attached hydrogen (secondary N) is 1. The third kappa shape index (κ3) is 3.50. The van der Waals surface area contributed by atoms with Gasteiger partial charge in [-0.2, -0.15) is 0 Å². The fourth-order valence-corrected chi connectivity index (χ4v) is 1.98. The average molecular weight is 227 g/mol. The van der Waals surface area contributed by atoms with Crippen LogP contribution in [0.2, 0.25) is 0 Å². The van der Waals surface area contributed by atoms with Crippen molar-refractivity contribution in [1.82, 2.24) is 5.32 Å². The Labute approximate surface area is 96.7 Å². The lowest BCUT2D eigenvalue weighted by Gasteiger charge is -2.28. The van der Waals surface area contributed by atoms with Crippen LogP contribution in [0.25, 0.3) is 0 Å². The topological polar surface area (TPSA) is 21.3 Å². The van der Waals surface area contributed by atoms with Crippen LogP contribution in [0.3, 0.4) is 0 Å². The first-order valence-corrected chi connectivity index (χ1v) is 6.17. The van der Waals surface area contributed by atoms with E-state index in [0.29, 0.717) is 11.5 Å². The minimum Gasteiger partial charge on any atom is -0.496 e. The van der Waals surface area contributed by atoms with Gasteiger partial charge in [0.25, 0.3) is 0 Å². The minimum atomic E-state index is 0.296. The molecule has 0 bridgehead atoms. The molecular weight excluding hydrogens is 206 g/mol. The van der Waals surface area contributed by atoms with Crippen molar-refractivity contribution in [1.29, 1.82) is 0 Å². The number of thiophene rings is 1. The van der Waals surface area contributed by atoms with Crippen molar-refractivity contribution in [2.75, 3.05) is 7.11 Å². The second-order valence-corrected chi connectivity index (χ2v) is 5.88. The molecule has 0 aliphatic carbocycles. The molecule has 0 amide bonds. The molecule has 0 fully saturated rings. The van der Waals surface area contributed by atoms with Crippen LogP contribution in [0.5, 0.6) is 5.75 Å². The molecular formula is C12H21NOS. The third-order valence-electron chi connectivity index (χ3n) is 2.79. The first-order chi connectivity index (χ1) is 6.95. The molecule has 1 aromatic rings. The number of methoxy groups -OCH3 is 1. The van der Waals surface area contributed by atoms with Gasteiger partial charge >= 0.3 is 0 Å². The average Bonchev–Trinajstić information content (AvgIpc) is 2.59. The molecule has 1 N–H and O–H groups in total. The van der Waals surface area contributed by atoms with Gasteiger partial charge in [-0.1, -0.05) is 20.8 Å². The van der Waals surface area contributed by atoms with E-state index in [1.54, 1.807) is 18.4 Å². The Kier molecular flexibility index (Phi) is 4.17. The summed E-state index contributed by atoms with van der Waals surface area (Å²) in [7, 11) is 1.72. The number of rotatable bonds is 4. The number of ether oxygens (including phenoxy) is 1. The van der Waals surface area contributed by atoms with Crippen LogP contribution in [-0.2, 0) is 6.54 Å². The van der Waals surface area contributed by atoms with Crippen molar-refractivity contribution in [3.63, 3.8) is 0 Å². The van der Waals surface area contributed by atoms with Crippen molar-refractivity contribution in [2.45, 2.75) is 40.3 Å². The molecule has 0 spiro atoms. The highest BCUT2D eigenvalue weighted by molar-refractivity contribution is 7.10. The quantitative estimate of drug-likeness (QED) is 0.852. The lowest BCUT2D eigenvalue weighted by Crippen LogP contribution is -2.37. The SMILES string of the molecule is COc1ccsc1CNC(C)C(C)(C)C. The van der Waals surface area contributed by atoms with Gasteiger partial charge in [-0.05, 0) is 23.8 Å². The maximum absolute atomic E-state index is 5.27. The molecule has 3 heteroatoms. The zero-order valence-corrected chi connectivity index (χ0v) is 11.1. The zero-order chi connectivity index (χ0) is 11.5. The molecule has 1 aromatic heterocycles. The van der Waals surface area contributed by atoms with Gasteiger partial charge in [-0.25, -0.2) is 0 Å². The highest BCUT2D eigenvalue weighted by Gasteiger charge is 2.19. The maximum Gasteiger partial charge on any atom is 0.134 e. The molecule has 1 rings (SSSR count). The number of hydrogen-bond acceptors (Lipinski definition) is 3. The predicted molar refractivity (Wildman–Crippen MR) is 66.6 cm³/mol. The first-order valence-electron chi connectivity index (χ1n) is 5.29. The predicted octanol–water partition coefficient (Wildman–Crippen LogP) is 3.28. The Balaban J connectivity index is 2.50.